The van der Waals surface area contributed by atoms with E-state index in [1.165, 1.54) is 12.8 Å². The number of hydrogen-bond donors (Lipinski definition) is 1. The standard InChI is InChI=1S/C30H30O5/c1-30(2,32)28-27(23-14-8-9-15-24(23)29(31)35-28)21-16-17-25(34-22-12-6-7-13-22)26(18-21)33-19-20-10-4-3-5-11-20/h3-5,8-11,14-18,22,32H,6-7,12-13,19H2,1-2H3. The number of rotatable bonds is 7. The fourth-order valence-corrected chi connectivity index (χ4v) is 4.71. The Morgan fingerprint density at radius 2 is 1.60 bits per heavy atom. The lowest BCUT2D eigenvalue weighted by Gasteiger charge is -2.22. The second kappa shape index (κ2) is 9.59. The van der Waals surface area contributed by atoms with E-state index >= 15 is 0 Å². The van der Waals surface area contributed by atoms with E-state index in [9.17, 15) is 9.90 Å². The predicted molar refractivity (Wildman–Crippen MR) is 137 cm³/mol. The number of aliphatic hydroxyl groups is 1. The Morgan fingerprint density at radius 3 is 2.31 bits per heavy atom. The zero-order chi connectivity index (χ0) is 24.4. The van der Waals surface area contributed by atoms with Gasteiger partial charge < -0.3 is 19.0 Å². The van der Waals surface area contributed by atoms with E-state index in [0.717, 1.165) is 29.4 Å². The summed E-state index contributed by atoms with van der Waals surface area (Å²) in [6.45, 7) is 3.64. The van der Waals surface area contributed by atoms with Crippen LogP contribution in [-0.4, -0.2) is 11.2 Å². The van der Waals surface area contributed by atoms with Crippen LogP contribution in [0.5, 0.6) is 11.5 Å². The molecule has 180 valence electrons. The SMILES string of the molecule is CC(C)(O)c1oc(=O)c2ccccc2c1-c1ccc(OC2CCCC2)c(OCc2ccccc2)c1. The second-order valence-electron chi connectivity index (χ2n) is 9.66. The van der Waals surface area contributed by atoms with Gasteiger partial charge in [0.05, 0.1) is 11.5 Å². The van der Waals surface area contributed by atoms with Crippen molar-refractivity contribution in [1.82, 2.24) is 0 Å². The van der Waals surface area contributed by atoms with Gasteiger partial charge in [0.15, 0.2) is 11.5 Å². The molecule has 4 aromatic rings. The van der Waals surface area contributed by atoms with Gasteiger partial charge in [-0.3, -0.25) is 0 Å². The van der Waals surface area contributed by atoms with Crippen molar-refractivity contribution in [2.75, 3.05) is 0 Å². The molecule has 1 heterocycles. The van der Waals surface area contributed by atoms with Gasteiger partial charge in [-0.15, -0.1) is 0 Å². The smallest absolute Gasteiger partial charge is 0.343 e. The molecule has 1 fully saturated rings. The molecule has 0 atom stereocenters. The van der Waals surface area contributed by atoms with Crippen molar-refractivity contribution in [2.45, 2.75) is 57.8 Å². The van der Waals surface area contributed by atoms with Crippen LogP contribution in [0.25, 0.3) is 21.9 Å². The summed E-state index contributed by atoms with van der Waals surface area (Å²) in [7, 11) is 0. The minimum absolute atomic E-state index is 0.183. The molecule has 1 saturated carbocycles. The molecule has 0 aliphatic heterocycles. The Hall–Kier alpha value is -3.57. The van der Waals surface area contributed by atoms with Crippen molar-refractivity contribution in [3.8, 4) is 22.6 Å². The third-order valence-corrected chi connectivity index (χ3v) is 6.46. The molecule has 0 bridgehead atoms. The van der Waals surface area contributed by atoms with E-state index in [4.69, 9.17) is 13.9 Å². The molecular weight excluding hydrogens is 440 g/mol. The van der Waals surface area contributed by atoms with E-state index in [1.807, 2.05) is 60.7 Å². The lowest BCUT2D eigenvalue weighted by molar-refractivity contribution is 0.0521. The molecule has 0 saturated heterocycles. The normalized spacial score (nSPS) is 14.4. The minimum atomic E-state index is -1.36. The Labute approximate surface area is 204 Å². The first-order chi connectivity index (χ1) is 16.9. The van der Waals surface area contributed by atoms with Crippen LogP contribution in [0.15, 0.2) is 82.0 Å². The predicted octanol–water partition coefficient (Wildman–Crippen LogP) is 6.59. The Morgan fingerprint density at radius 1 is 0.914 bits per heavy atom. The van der Waals surface area contributed by atoms with Gasteiger partial charge in [0.1, 0.15) is 18.0 Å². The molecular formula is C30H30O5. The fourth-order valence-electron chi connectivity index (χ4n) is 4.71. The summed E-state index contributed by atoms with van der Waals surface area (Å²) < 4.78 is 18.3. The van der Waals surface area contributed by atoms with Gasteiger partial charge in [-0.1, -0.05) is 54.6 Å². The molecule has 0 amide bonds. The summed E-state index contributed by atoms with van der Waals surface area (Å²) in [6, 6.07) is 23.1. The van der Waals surface area contributed by atoms with Crippen LogP contribution in [0.1, 0.15) is 50.9 Å². The topological polar surface area (TPSA) is 68.9 Å². The van der Waals surface area contributed by atoms with Crippen LogP contribution >= 0.6 is 0 Å². The van der Waals surface area contributed by atoms with Gasteiger partial charge in [-0.2, -0.15) is 0 Å². The molecule has 5 rings (SSSR count). The van der Waals surface area contributed by atoms with Crippen molar-refractivity contribution < 1.29 is 19.0 Å². The largest absolute Gasteiger partial charge is 0.487 e. The van der Waals surface area contributed by atoms with Crippen LogP contribution in [0.2, 0.25) is 0 Å². The molecule has 1 N–H and O–H groups in total. The summed E-state index contributed by atoms with van der Waals surface area (Å²) >= 11 is 0. The number of hydrogen-bond acceptors (Lipinski definition) is 5. The van der Waals surface area contributed by atoms with Gasteiger partial charge in [0.25, 0.3) is 0 Å². The molecule has 35 heavy (non-hydrogen) atoms. The molecule has 1 aromatic heterocycles. The fraction of sp³-hybridized carbons (Fsp3) is 0.300. The second-order valence-corrected chi connectivity index (χ2v) is 9.66. The summed E-state index contributed by atoms with van der Waals surface area (Å²) in [4.78, 5) is 12.7. The van der Waals surface area contributed by atoms with Gasteiger partial charge in [-0.25, -0.2) is 4.79 Å². The van der Waals surface area contributed by atoms with E-state index < -0.39 is 11.2 Å². The maximum Gasteiger partial charge on any atom is 0.343 e. The monoisotopic (exact) mass is 470 g/mol. The first kappa shape index (κ1) is 23.2. The number of benzene rings is 3. The van der Waals surface area contributed by atoms with Crippen LogP contribution in [0, 0.1) is 0 Å². The molecule has 3 aromatic carbocycles. The van der Waals surface area contributed by atoms with Gasteiger partial charge in [0, 0.05) is 10.9 Å². The summed E-state index contributed by atoms with van der Waals surface area (Å²) in [5.74, 6) is 1.54. The third kappa shape index (κ3) is 4.96. The van der Waals surface area contributed by atoms with Crippen LogP contribution in [0.4, 0.5) is 0 Å². The van der Waals surface area contributed by atoms with Crippen molar-refractivity contribution >= 4 is 10.8 Å². The Balaban J connectivity index is 1.63. The quantitative estimate of drug-likeness (QED) is 0.330. The van der Waals surface area contributed by atoms with Crippen molar-refractivity contribution in [1.29, 1.82) is 0 Å². The van der Waals surface area contributed by atoms with E-state index in [0.29, 0.717) is 29.1 Å². The molecule has 1 aliphatic carbocycles. The number of fused-ring (bicyclic) bond motifs is 1. The third-order valence-electron chi connectivity index (χ3n) is 6.46. The molecule has 5 nitrogen and oxygen atoms in total. The maximum atomic E-state index is 12.7. The summed E-state index contributed by atoms with van der Waals surface area (Å²) in [5, 5.41) is 12.1. The van der Waals surface area contributed by atoms with Crippen molar-refractivity contribution in [3.05, 3.63) is 94.5 Å². The average Bonchev–Trinajstić information content (AvgIpc) is 3.37. The van der Waals surface area contributed by atoms with Crippen LogP contribution < -0.4 is 15.1 Å². The Bertz CT molecular complexity index is 1380. The lowest BCUT2D eigenvalue weighted by Crippen LogP contribution is -2.20. The summed E-state index contributed by atoms with van der Waals surface area (Å²) in [5.41, 5.74) is 0.678. The molecule has 5 heteroatoms. The molecule has 0 unspecified atom stereocenters. The maximum absolute atomic E-state index is 12.7. The first-order valence-corrected chi connectivity index (χ1v) is 12.2. The molecule has 0 spiro atoms. The highest BCUT2D eigenvalue weighted by atomic mass is 16.5. The minimum Gasteiger partial charge on any atom is -0.487 e. The zero-order valence-corrected chi connectivity index (χ0v) is 20.1. The first-order valence-electron chi connectivity index (χ1n) is 12.2. The molecule has 0 radical (unpaired) electrons. The highest BCUT2D eigenvalue weighted by Gasteiger charge is 2.28. The van der Waals surface area contributed by atoms with Gasteiger partial charge >= 0.3 is 5.63 Å². The van der Waals surface area contributed by atoms with Crippen molar-refractivity contribution in [3.63, 3.8) is 0 Å². The van der Waals surface area contributed by atoms with E-state index in [2.05, 4.69) is 0 Å². The lowest BCUT2D eigenvalue weighted by atomic mass is 9.92. The van der Waals surface area contributed by atoms with E-state index in [1.54, 1.807) is 26.0 Å². The molecule has 1 aliphatic rings. The summed E-state index contributed by atoms with van der Waals surface area (Å²) in [6.07, 6.45) is 4.61. The Kier molecular flexibility index (Phi) is 6.35. The van der Waals surface area contributed by atoms with Crippen LogP contribution in [-0.2, 0) is 12.2 Å². The highest BCUT2D eigenvalue weighted by Crippen LogP contribution is 2.41. The van der Waals surface area contributed by atoms with Gasteiger partial charge in [-0.05, 0) is 68.9 Å². The average molecular weight is 471 g/mol. The highest BCUT2D eigenvalue weighted by molar-refractivity contribution is 5.97. The van der Waals surface area contributed by atoms with Gasteiger partial charge in [0.2, 0.25) is 0 Å². The van der Waals surface area contributed by atoms with Crippen LogP contribution in [0.3, 0.4) is 0 Å². The number of ether oxygens (including phenoxy) is 2. The van der Waals surface area contributed by atoms with Crippen molar-refractivity contribution in [2.24, 2.45) is 0 Å². The van der Waals surface area contributed by atoms with E-state index in [-0.39, 0.29) is 11.9 Å². The zero-order valence-electron chi connectivity index (χ0n) is 20.1.